The number of halogens is 10. The molecule has 0 fully saturated rings. The van der Waals surface area contributed by atoms with Crippen LogP contribution in [-0.4, -0.2) is 25.9 Å². The zero-order valence-corrected chi connectivity index (χ0v) is 25.0. The molecule has 0 radical (unpaired) electrons. The Morgan fingerprint density at radius 1 is 0.702 bits per heavy atom. The van der Waals surface area contributed by atoms with Gasteiger partial charge >= 0.3 is 24.5 Å². The summed E-state index contributed by atoms with van der Waals surface area (Å²) in [4.78, 5) is 12.2. The Morgan fingerprint density at radius 3 is 1.85 bits per heavy atom. The smallest absolute Gasteiger partial charge is 0.416 e. The Labute approximate surface area is 270 Å². The van der Waals surface area contributed by atoms with E-state index in [4.69, 9.17) is 0 Å². The fourth-order valence-electron chi connectivity index (χ4n) is 4.73. The standard InChI is InChI=1S/C30H15F9IN3O4/c31-28(32,33)13-5-6-19-21(12-13)43(16-10-14(29(34,35)36)9-15(11-16)30(37,38)39)26(45)25(19)42-41-20-8-7-18(24(40)23(20)27(46)47)17-3-1-2-4-22(17)44/h1-12,44-45H,(H,46,47). The zero-order valence-electron chi connectivity index (χ0n) is 22.8. The molecule has 17 heteroatoms. The van der Waals surface area contributed by atoms with Crippen molar-refractivity contribution in [2.45, 2.75) is 18.5 Å². The van der Waals surface area contributed by atoms with E-state index in [-0.39, 0.29) is 49.7 Å². The lowest BCUT2D eigenvalue weighted by Gasteiger charge is -2.16. The van der Waals surface area contributed by atoms with Gasteiger partial charge in [-0.1, -0.05) is 24.3 Å². The normalized spacial score (nSPS) is 12.7. The maximum Gasteiger partial charge on any atom is 0.416 e. The number of carboxylic acid groups (broad SMARTS) is 1. The topological polar surface area (TPSA) is 107 Å². The lowest BCUT2D eigenvalue weighted by Crippen LogP contribution is -2.12. The molecular weight excluding hydrogens is 764 g/mol. The third-order valence-corrected chi connectivity index (χ3v) is 7.98. The predicted octanol–water partition coefficient (Wildman–Crippen LogP) is 10.5. The number of aromatic nitrogens is 1. The number of aromatic hydroxyl groups is 2. The first-order valence-electron chi connectivity index (χ1n) is 12.8. The number of aromatic carboxylic acids is 1. The van der Waals surface area contributed by atoms with Gasteiger partial charge in [-0.2, -0.15) is 39.5 Å². The maximum atomic E-state index is 13.6. The molecule has 7 nitrogen and oxygen atoms in total. The number of hydrogen-bond donors (Lipinski definition) is 3. The first kappa shape index (κ1) is 33.6. The van der Waals surface area contributed by atoms with Gasteiger partial charge in [0.05, 0.1) is 27.9 Å². The molecule has 1 aromatic heterocycles. The van der Waals surface area contributed by atoms with Gasteiger partial charge < -0.3 is 15.3 Å². The second kappa shape index (κ2) is 11.8. The van der Waals surface area contributed by atoms with Crippen LogP contribution in [0.25, 0.3) is 27.7 Å². The second-order valence-electron chi connectivity index (χ2n) is 9.84. The molecule has 5 rings (SSSR count). The quantitative estimate of drug-likeness (QED) is 0.0938. The van der Waals surface area contributed by atoms with E-state index < -0.39 is 69.5 Å². The summed E-state index contributed by atoms with van der Waals surface area (Å²) in [6.07, 6.45) is -15.6. The van der Waals surface area contributed by atoms with Crippen LogP contribution in [-0.2, 0) is 18.5 Å². The highest BCUT2D eigenvalue weighted by molar-refractivity contribution is 14.1. The number of phenolic OH excluding ortho intramolecular Hbond substituents is 1. The van der Waals surface area contributed by atoms with Gasteiger partial charge in [-0.3, -0.25) is 4.57 Å². The van der Waals surface area contributed by atoms with Crippen molar-refractivity contribution in [2.24, 2.45) is 10.2 Å². The van der Waals surface area contributed by atoms with Crippen LogP contribution in [0.5, 0.6) is 11.6 Å². The lowest BCUT2D eigenvalue weighted by molar-refractivity contribution is -0.143. The maximum absolute atomic E-state index is 13.6. The monoisotopic (exact) mass is 779 g/mol. The third-order valence-electron chi connectivity index (χ3n) is 6.86. The summed E-state index contributed by atoms with van der Waals surface area (Å²) >= 11 is 1.68. The van der Waals surface area contributed by atoms with Gasteiger partial charge in [0, 0.05) is 14.5 Å². The van der Waals surface area contributed by atoms with Crippen molar-refractivity contribution >= 4 is 50.8 Å². The molecule has 0 amide bonds. The number of phenols is 1. The van der Waals surface area contributed by atoms with Crippen LogP contribution in [0.1, 0.15) is 27.0 Å². The van der Waals surface area contributed by atoms with E-state index >= 15 is 0 Å². The number of carbonyl (C=O) groups is 1. The van der Waals surface area contributed by atoms with E-state index in [1.807, 2.05) is 0 Å². The summed E-state index contributed by atoms with van der Waals surface area (Å²) in [7, 11) is 0. The minimum absolute atomic E-state index is 0.0816. The predicted molar refractivity (Wildman–Crippen MR) is 157 cm³/mol. The van der Waals surface area contributed by atoms with E-state index in [1.54, 1.807) is 28.7 Å². The molecule has 0 bridgehead atoms. The first-order valence-corrected chi connectivity index (χ1v) is 13.9. The van der Waals surface area contributed by atoms with Gasteiger partial charge in [-0.25, -0.2) is 4.79 Å². The summed E-state index contributed by atoms with van der Waals surface area (Å²) < 4.78 is 123. The molecule has 4 aromatic carbocycles. The number of alkyl halides is 9. The van der Waals surface area contributed by atoms with Gasteiger partial charge in [-0.05, 0) is 76.7 Å². The van der Waals surface area contributed by atoms with Crippen LogP contribution in [0.4, 0.5) is 50.9 Å². The average Bonchev–Trinajstić information content (AvgIpc) is 3.25. The molecule has 1 heterocycles. The van der Waals surface area contributed by atoms with Crippen molar-refractivity contribution in [2.75, 3.05) is 0 Å². The Morgan fingerprint density at radius 2 is 1.30 bits per heavy atom. The Balaban J connectivity index is 1.76. The van der Waals surface area contributed by atoms with Gasteiger partial charge in [0.1, 0.15) is 17.0 Å². The number of azo groups is 1. The number of hydrogen-bond acceptors (Lipinski definition) is 5. The summed E-state index contributed by atoms with van der Waals surface area (Å²) in [6.45, 7) is 0. The van der Waals surface area contributed by atoms with Crippen molar-refractivity contribution in [3.05, 3.63) is 98.6 Å². The first-order chi connectivity index (χ1) is 21.8. The molecule has 0 saturated carbocycles. The summed E-state index contributed by atoms with van der Waals surface area (Å²) in [5, 5.41) is 38.6. The number of rotatable bonds is 5. The van der Waals surface area contributed by atoms with Crippen LogP contribution in [0.2, 0.25) is 0 Å². The lowest BCUT2D eigenvalue weighted by atomic mass is 10.0. The molecule has 0 spiro atoms. The fourth-order valence-corrected chi connectivity index (χ4v) is 5.70. The van der Waals surface area contributed by atoms with Crippen LogP contribution in [0.15, 0.2) is 83.0 Å². The number of para-hydroxylation sites is 1. The summed E-state index contributed by atoms with van der Waals surface area (Å²) in [5.74, 6) is -2.87. The van der Waals surface area contributed by atoms with Crippen molar-refractivity contribution in [3.63, 3.8) is 0 Å². The fraction of sp³-hybridized carbons (Fsp3) is 0.100. The van der Waals surface area contributed by atoms with E-state index in [2.05, 4.69) is 10.2 Å². The Bertz CT molecular complexity index is 2050. The van der Waals surface area contributed by atoms with Gasteiger partial charge in [0.2, 0.25) is 5.88 Å². The second-order valence-corrected chi connectivity index (χ2v) is 10.9. The molecule has 3 N–H and O–H groups in total. The molecule has 0 aliphatic heterocycles. The minimum atomic E-state index is -5.32. The molecule has 47 heavy (non-hydrogen) atoms. The molecule has 5 aromatic rings. The number of carboxylic acids is 1. The molecule has 0 unspecified atom stereocenters. The van der Waals surface area contributed by atoms with Crippen LogP contribution in [0, 0.1) is 3.57 Å². The van der Waals surface area contributed by atoms with Crippen LogP contribution >= 0.6 is 22.6 Å². The Kier molecular flexibility index (Phi) is 8.40. The molecule has 0 aliphatic carbocycles. The molecule has 0 aliphatic rings. The van der Waals surface area contributed by atoms with Crippen molar-refractivity contribution in [1.29, 1.82) is 0 Å². The Hall–Kier alpha value is -4.81. The summed E-state index contributed by atoms with van der Waals surface area (Å²) in [6, 6.07) is 10.5. The number of benzene rings is 4. The molecule has 0 atom stereocenters. The summed E-state index contributed by atoms with van der Waals surface area (Å²) in [5.41, 5.74) is -7.55. The highest BCUT2D eigenvalue weighted by atomic mass is 127. The van der Waals surface area contributed by atoms with E-state index in [0.29, 0.717) is 16.7 Å². The number of fused-ring (bicyclic) bond motifs is 1. The third kappa shape index (κ3) is 6.43. The molecule has 0 saturated heterocycles. The van der Waals surface area contributed by atoms with Crippen molar-refractivity contribution in [1.82, 2.24) is 4.57 Å². The van der Waals surface area contributed by atoms with Crippen molar-refractivity contribution in [3.8, 4) is 28.4 Å². The van der Waals surface area contributed by atoms with Crippen molar-refractivity contribution < 1.29 is 59.6 Å². The van der Waals surface area contributed by atoms with Crippen LogP contribution in [0.3, 0.4) is 0 Å². The van der Waals surface area contributed by atoms with E-state index in [9.17, 15) is 59.6 Å². The highest BCUT2D eigenvalue weighted by Crippen LogP contribution is 2.46. The molecular formula is C30H15F9IN3O4. The van der Waals surface area contributed by atoms with Gasteiger partial charge in [0.25, 0.3) is 0 Å². The average molecular weight is 779 g/mol. The minimum Gasteiger partial charge on any atom is -0.507 e. The van der Waals surface area contributed by atoms with E-state index in [0.717, 1.165) is 6.07 Å². The zero-order chi connectivity index (χ0) is 34.6. The molecule has 244 valence electrons. The van der Waals surface area contributed by atoms with E-state index in [1.165, 1.54) is 30.3 Å². The largest absolute Gasteiger partial charge is 0.507 e. The highest BCUT2D eigenvalue weighted by Gasteiger charge is 2.38. The van der Waals surface area contributed by atoms with Crippen LogP contribution < -0.4 is 0 Å². The number of nitrogens with zero attached hydrogens (tertiary/aromatic N) is 3. The van der Waals surface area contributed by atoms with Gasteiger partial charge in [0.15, 0.2) is 5.69 Å². The SMILES string of the molecule is O=C(O)c1c(N=Nc2c(O)n(-c3cc(C(F)(F)F)cc(C(F)(F)F)c3)c3cc(C(F)(F)F)ccc23)ccc(-c2ccccc2O)c1I. The van der Waals surface area contributed by atoms with Gasteiger partial charge in [-0.15, -0.1) is 10.2 Å².